The second-order valence-electron chi connectivity index (χ2n) is 5.51. The lowest BCUT2D eigenvalue weighted by Crippen LogP contribution is -2.40. The Kier molecular flexibility index (Phi) is 5.26. The number of nitrogens with one attached hydrogen (secondary N) is 1. The van der Waals surface area contributed by atoms with Crippen LogP contribution in [-0.4, -0.2) is 30.6 Å². The van der Waals surface area contributed by atoms with Gasteiger partial charge in [0.15, 0.2) is 0 Å². The molecule has 0 bridgehead atoms. The molecular formula is C15H26N2O. The highest BCUT2D eigenvalue weighted by molar-refractivity contribution is 5.05. The Labute approximate surface area is 111 Å². The summed E-state index contributed by atoms with van der Waals surface area (Å²) >= 11 is 0. The second-order valence-corrected chi connectivity index (χ2v) is 5.51. The minimum Gasteiger partial charge on any atom is -0.472 e. The van der Waals surface area contributed by atoms with Crippen molar-refractivity contribution in [3.63, 3.8) is 0 Å². The fourth-order valence-corrected chi connectivity index (χ4v) is 2.87. The van der Waals surface area contributed by atoms with Crippen molar-refractivity contribution in [2.75, 3.05) is 13.6 Å². The number of hydrogen-bond acceptors (Lipinski definition) is 3. The van der Waals surface area contributed by atoms with Crippen LogP contribution in [0.25, 0.3) is 0 Å². The maximum Gasteiger partial charge on any atom is 0.0947 e. The number of hydrogen-bond donors (Lipinski definition) is 1. The highest BCUT2D eigenvalue weighted by Gasteiger charge is 2.23. The highest BCUT2D eigenvalue weighted by atomic mass is 16.3. The zero-order valence-corrected chi connectivity index (χ0v) is 11.7. The quantitative estimate of drug-likeness (QED) is 0.841. The lowest BCUT2D eigenvalue weighted by atomic mass is 9.90. The second kappa shape index (κ2) is 6.95. The van der Waals surface area contributed by atoms with Crippen LogP contribution in [-0.2, 0) is 6.54 Å². The van der Waals surface area contributed by atoms with E-state index in [2.05, 4.69) is 30.3 Å². The van der Waals surface area contributed by atoms with E-state index in [4.69, 9.17) is 4.42 Å². The highest BCUT2D eigenvalue weighted by Crippen LogP contribution is 2.23. The molecule has 1 fully saturated rings. The summed E-state index contributed by atoms with van der Waals surface area (Å²) < 4.78 is 5.13. The van der Waals surface area contributed by atoms with E-state index in [9.17, 15) is 0 Å². The summed E-state index contributed by atoms with van der Waals surface area (Å²) in [5.41, 5.74) is 1.28. The topological polar surface area (TPSA) is 28.4 Å². The molecule has 1 aliphatic rings. The van der Waals surface area contributed by atoms with Crippen molar-refractivity contribution in [3.8, 4) is 0 Å². The van der Waals surface area contributed by atoms with Crippen LogP contribution in [0.2, 0.25) is 0 Å². The first-order valence-corrected chi connectivity index (χ1v) is 7.24. The predicted molar refractivity (Wildman–Crippen MR) is 74.5 cm³/mol. The third-order valence-corrected chi connectivity index (χ3v) is 4.02. The molecule has 3 nitrogen and oxygen atoms in total. The molecule has 0 saturated heterocycles. The molecule has 3 heteroatoms. The monoisotopic (exact) mass is 250 g/mol. The van der Waals surface area contributed by atoms with E-state index in [0.717, 1.165) is 18.6 Å². The molecule has 0 aliphatic heterocycles. The fourth-order valence-electron chi connectivity index (χ4n) is 2.87. The van der Waals surface area contributed by atoms with Gasteiger partial charge in [-0.1, -0.05) is 6.92 Å². The molecule has 0 unspecified atom stereocenters. The third-order valence-electron chi connectivity index (χ3n) is 4.02. The van der Waals surface area contributed by atoms with Crippen LogP contribution in [0.15, 0.2) is 23.0 Å². The number of nitrogens with zero attached hydrogens (tertiary/aromatic N) is 1. The van der Waals surface area contributed by atoms with Crippen LogP contribution in [0, 0.1) is 0 Å². The van der Waals surface area contributed by atoms with Crippen molar-refractivity contribution in [2.24, 2.45) is 0 Å². The van der Waals surface area contributed by atoms with E-state index in [1.165, 1.54) is 44.2 Å². The summed E-state index contributed by atoms with van der Waals surface area (Å²) in [6.07, 6.45) is 10.1. The zero-order valence-electron chi connectivity index (χ0n) is 11.7. The van der Waals surface area contributed by atoms with Crippen LogP contribution in [0.3, 0.4) is 0 Å². The Hall–Kier alpha value is -0.800. The summed E-state index contributed by atoms with van der Waals surface area (Å²) in [6.45, 7) is 4.41. The van der Waals surface area contributed by atoms with Crippen molar-refractivity contribution >= 4 is 0 Å². The summed E-state index contributed by atoms with van der Waals surface area (Å²) in [5.74, 6) is 0. The summed E-state index contributed by atoms with van der Waals surface area (Å²) in [6, 6.07) is 3.55. The molecule has 1 saturated carbocycles. The van der Waals surface area contributed by atoms with Gasteiger partial charge in [0.25, 0.3) is 0 Å². The molecule has 1 aliphatic carbocycles. The Morgan fingerprint density at radius 2 is 2.11 bits per heavy atom. The van der Waals surface area contributed by atoms with Gasteiger partial charge < -0.3 is 9.73 Å². The van der Waals surface area contributed by atoms with E-state index in [1.54, 1.807) is 6.26 Å². The van der Waals surface area contributed by atoms with Crippen molar-refractivity contribution in [1.29, 1.82) is 0 Å². The first kappa shape index (κ1) is 13.6. The van der Waals surface area contributed by atoms with Gasteiger partial charge in [-0.3, -0.25) is 4.90 Å². The van der Waals surface area contributed by atoms with Crippen molar-refractivity contribution < 1.29 is 4.42 Å². The Balaban J connectivity index is 1.72. The van der Waals surface area contributed by atoms with Crippen molar-refractivity contribution in [1.82, 2.24) is 10.2 Å². The molecule has 0 aromatic carbocycles. The van der Waals surface area contributed by atoms with Gasteiger partial charge in [-0.05, 0) is 51.8 Å². The van der Waals surface area contributed by atoms with Gasteiger partial charge in [0.1, 0.15) is 0 Å². The summed E-state index contributed by atoms with van der Waals surface area (Å²) in [5, 5.41) is 3.64. The van der Waals surface area contributed by atoms with E-state index < -0.39 is 0 Å². The first-order valence-electron chi connectivity index (χ1n) is 7.24. The third kappa shape index (κ3) is 3.85. The molecule has 102 valence electrons. The van der Waals surface area contributed by atoms with E-state index in [1.807, 2.05) is 6.26 Å². The smallest absolute Gasteiger partial charge is 0.0947 e. The molecule has 1 aromatic heterocycles. The van der Waals surface area contributed by atoms with Crippen LogP contribution >= 0.6 is 0 Å². The van der Waals surface area contributed by atoms with Crippen LogP contribution in [0.1, 0.15) is 44.6 Å². The Morgan fingerprint density at radius 3 is 2.72 bits per heavy atom. The van der Waals surface area contributed by atoms with Gasteiger partial charge >= 0.3 is 0 Å². The largest absolute Gasteiger partial charge is 0.472 e. The van der Waals surface area contributed by atoms with E-state index in [-0.39, 0.29) is 0 Å². The van der Waals surface area contributed by atoms with Crippen molar-refractivity contribution in [3.05, 3.63) is 24.2 Å². The molecule has 18 heavy (non-hydrogen) atoms. The lowest BCUT2D eigenvalue weighted by Gasteiger charge is -2.34. The van der Waals surface area contributed by atoms with E-state index >= 15 is 0 Å². The normalized spacial score (nSPS) is 24.6. The molecule has 1 N–H and O–H groups in total. The minimum absolute atomic E-state index is 0.736. The number of furan rings is 1. The van der Waals surface area contributed by atoms with Crippen LogP contribution in [0.5, 0.6) is 0 Å². The van der Waals surface area contributed by atoms with Crippen molar-refractivity contribution in [2.45, 2.75) is 57.7 Å². The maximum absolute atomic E-state index is 5.13. The molecule has 0 amide bonds. The van der Waals surface area contributed by atoms with Gasteiger partial charge in [-0.15, -0.1) is 0 Å². The molecular weight excluding hydrogens is 224 g/mol. The van der Waals surface area contributed by atoms with Gasteiger partial charge in [0, 0.05) is 24.2 Å². The minimum atomic E-state index is 0.736. The van der Waals surface area contributed by atoms with Gasteiger partial charge in [-0.2, -0.15) is 0 Å². The molecule has 0 radical (unpaired) electrons. The van der Waals surface area contributed by atoms with Crippen LogP contribution < -0.4 is 5.32 Å². The Bertz CT molecular complexity index is 315. The average molecular weight is 250 g/mol. The fraction of sp³-hybridized carbons (Fsp3) is 0.733. The zero-order chi connectivity index (χ0) is 12.8. The van der Waals surface area contributed by atoms with Gasteiger partial charge in [0.05, 0.1) is 12.5 Å². The first-order chi connectivity index (χ1) is 8.79. The molecule has 0 atom stereocenters. The van der Waals surface area contributed by atoms with Crippen LogP contribution in [0.4, 0.5) is 0 Å². The maximum atomic E-state index is 5.13. The Morgan fingerprint density at radius 1 is 1.33 bits per heavy atom. The molecule has 1 aromatic rings. The van der Waals surface area contributed by atoms with E-state index in [0.29, 0.717) is 0 Å². The average Bonchev–Trinajstić information content (AvgIpc) is 2.89. The van der Waals surface area contributed by atoms with Gasteiger partial charge in [0.2, 0.25) is 0 Å². The predicted octanol–water partition coefficient (Wildman–Crippen LogP) is 3.02. The molecule has 1 heterocycles. The molecule has 0 spiro atoms. The SMILES string of the molecule is CCCNC1CCC(N(C)Cc2ccoc2)CC1. The summed E-state index contributed by atoms with van der Waals surface area (Å²) in [7, 11) is 2.23. The van der Waals surface area contributed by atoms with Gasteiger partial charge in [-0.25, -0.2) is 0 Å². The molecule has 2 rings (SSSR count). The number of rotatable bonds is 6. The lowest BCUT2D eigenvalue weighted by molar-refractivity contribution is 0.167. The standard InChI is InChI=1S/C15H26N2O/c1-3-9-16-14-4-6-15(7-5-14)17(2)11-13-8-10-18-12-13/h8,10,12,14-16H,3-7,9,11H2,1-2H3. The summed E-state index contributed by atoms with van der Waals surface area (Å²) in [4.78, 5) is 2.47.